The van der Waals surface area contributed by atoms with Gasteiger partial charge in [0.2, 0.25) is 11.8 Å². The smallest absolute Gasteiger partial charge is 0.241 e. The van der Waals surface area contributed by atoms with Gasteiger partial charge >= 0.3 is 0 Å². The molecule has 2 rings (SSSR count). The van der Waals surface area contributed by atoms with Crippen molar-refractivity contribution in [1.29, 1.82) is 0 Å². The maximum atomic E-state index is 12.2. The summed E-state index contributed by atoms with van der Waals surface area (Å²) in [6.45, 7) is 5.20. The number of likely N-dealkylation sites (tertiary alicyclic amines) is 1. The number of carbonyl (C=O) groups is 2. The van der Waals surface area contributed by atoms with Crippen LogP contribution in [0.2, 0.25) is 0 Å². The van der Waals surface area contributed by atoms with Crippen LogP contribution in [0.4, 0.5) is 0 Å². The lowest BCUT2D eigenvalue weighted by Crippen LogP contribution is -2.55. The van der Waals surface area contributed by atoms with Gasteiger partial charge in [0.15, 0.2) is 0 Å². The second-order valence-corrected chi connectivity index (χ2v) is 6.10. The first kappa shape index (κ1) is 17.2. The number of hydrogen-bond acceptors (Lipinski definition) is 5. The van der Waals surface area contributed by atoms with Crippen LogP contribution in [-0.4, -0.2) is 92.1 Å². The molecule has 1 unspecified atom stereocenters. The van der Waals surface area contributed by atoms with Crippen LogP contribution in [0, 0.1) is 0 Å². The fourth-order valence-electron chi connectivity index (χ4n) is 3.05. The van der Waals surface area contributed by atoms with E-state index in [1.54, 1.807) is 4.90 Å². The molecule has 0 bridgehead atoms. The number of hydrogen-bond donors (Lipinski definition) is 1. The summed E-state index contributed by atoms with van der Waals surface area (Å²) in [5.41, 5.74) is 5.78. The summed E-state index contributed by atoms with van der Waals surface area (Å²) in [5.74, 6) is 0.152. The van der Waals surface area contributed by atoms with E-state index in [2.05, 4.69) is 4.90 Å². The maximum absolute atomic E-state index is 12.2. The summed E-state index contributed by atoms with van der Waals surface area (Å²) in [7, 11) is 1.54. The Morgan fingerprint density at radius 2 is 1.64 bits per heavy atom. The van der Waals surface area contributed by atoms with Crippen LogP contribution in [0.25, 0.3) is 0 Å². The van der Waals surface area contributed by atoms with E-state index < -0.39 is 6.04 Å². The Morgan fingerprint density at radius 1 is 1.00 bits per heavy atom. The van der Waals surface area contributed by atoms with Gasteiger partial charge in [-0.2, -0.15) is 0 Å². The lowest BCUT2D eigenvalue weighted by Gasteiger charge is -2.36. The number of piperazine rings is 1. The molecule has 0 aliphatic carbocycles. The van der Waals surface area contributed by atoms with Crippen molar-refractivity contribution in [3.05, 3.63) is 0 Å². The average Bonchev–Trinajstić information content (AvgIpc) is 2.56. The van der Waals surface area contributed by atoms with Gasteiger partial charge in [-0.05, 0) is 19.3 Å². The highest BCUT2D eigenvalue weighted by Crippen LogP contribution is 2.10. The zero-order valence-corrected chi connectivity index (χ0v) is 13.5. The largest absolute Gasteiger partial charge is 0.383 e. The van der Waals surface area contributed by atoms with Crippen LogP contribution in [-0.2, 0) is 14.3 Å². The molecular formula is C15H28N4O3. The molecule has 2 saturated heterocycles. The van der Waals surface area contributed by atoms with Gasteiger partial charge in [-0.15, -0.1) is 0 Å². The first-order valence-electron chi connectivity index (χ1n) is 8.15. The Hall–Kier alpha value is -1.18. The minimum atomic E-state index is -0.591. The van der Waals surface area contributed by atoms with Crippen molar-refractivity contribution in [3.8, 4) is 0 Å². The first-order chi connectivity index (χ1) is 10.6. The Kier molecular flexibility index (Phi) is 6.60. The normalized spacial score (nSPS) is 21.7. The summed E-state index contributed by atoms with van der Waals surface area (Å²) in [5, 5.41) is 0. The average molecular weight is 312 g/mol. The van der Waals surface area contributed by atoms with E-state index >= 15 is 0 Å². The van der Waals surface area contributed by atoms with E-state index in [4.69, 9.17) is 10.5 Å². The van der Waals surface area contributed by atoms with Crippen LogP contribution in [0.5, 0.6) is 0 Å². The second kappa shape index (κ2) is 8.45. The minimum absolute atomic E-state index is 0.0659. The molecule has 2 fully saturated rings. The van der Waals surface area contributed by atoms with Gasteiger partial charge in [0.25, 0.3) is 0 Å². The first-order valence-corrected chi connectivity index (χ1v) is 8.15. The van der Waals surface area contributed by atoms with Crippen molar-refractivity contribution in [3.63, 3.8) is 0 Å². The van der Waals surface area contributed by atoms with Gasteiger partial charge in [-0.3, -0.25) is 14.5 Å². The second-order valence-electron chi connectivity index (χ2n) is 6.10. The van der Waals surface area contributed by atoms with Crippen LogP contribution in [0.15, 0.2) is 0 Å². The number of amides is 2. The highest BCUT2D eigenvalue weighted by Gasteiger charge is 2.27. The maximum Gasteiger partial charge on any atom is 0.241 e. The zero-order valence-electron chi connectivity index (χ0n) is 13.5. The van der Waals surface area contributed by atoms with Crippen molar-refractivity contribution < 1.29 is 14.3 Å². The van der Waals surface area contributed by atoms with Gasteiger partial charge in [-0.25, -0.2) is 0 Å². The van der Waals surface area contributed by atoms with E-state index in [9.17, 15) is 9.59 Å². The van der Waals surface area contributed by atoms with Crippen LogP contribution in [0.3, 0.4) is 0 Å². The van der Waals surface area contributed by atoms with Crippen LogP contribution < -0.4 is 5.73 Å². The fraction of sp³-hybridized carbons (Fsp3) is 0.867. The van der Waals surface area contributed by atoms with Gasteiger partial charge in [0, 0.05) is 46.4 Å². The number of piperidine rings is 1. The lowest BCUT2D eigenvalue weighted by atomic mass is 10.1. The van der Waals surface area contributed by atoms with Gasteiger partial charge < -0.3 is 20.3 Å². The SMILES string of the molecule is COCC(N)C(=O)N1CCN(CC(=O)N2CCCCC2)CC1. The number of ether oxygens (including phenoxy) is 1. The number of methoxy groups -OCH3 is 1. The third-order valence-electron chi connectivity index (χ3n) is 4.42. The monoisotopic (exact) mass is 312 g/mol. The van der Waals surface area contributed by atoms with Crippen LogP contribution >= 0.6 is 0 Å². The topological polar surface area (TPSA) is 79.1 Å². The number of rotatable bonds is 5. The zero-order chi connectivity index (χ0) is 15.9. The van der Waals surface area contributed by atoms with Crippen molar-refractivity contribution in [2.24, 2.45) is 5.73 Å². The molecule has 0 radical (unpaired) electrons. The standard InChI is InChI=1S/C15H28N4O3/c1-22-12-13(16)15(21)19-9-7-17(8-10-19)11-14(20)18-5-3-2-4-6-18/h13H,2-12,16H2,1H3. The fourth-order valence-corrected chi connectivity index (χ4v) is 3.05. The molecule has 0 spiro atoms. The van der Waals surface area contributed by atoms with E-state index in [0.29, 0.717) is 19.6 Å². The van der Waals surface area contributed by atoms with Crippen LogP contribution in [0.1, 0.15) is 19.3 Å². The predicted octanol–water partition coefficient (Wildman–Crippen LogP) is -0.883. The Balaban J connectivity index is 1.72. The van der Waals surface area contributed by atoms with Crippen molar-refractivity contribution in [2.75, 3.05) is 59.5 Å². The summed E-state index contributed by atoms with van der Waals surface area (Å²) in [4.78, 5) is 30.2. The van der Waals surface area contributed by atoms with E-state index in [1.165, 1.54) is 13.5 Å². The molecule has 0 aromatic carbocycles. The number of nitrogens with zero attached hydrogens (tertiary/aromatic N) is 3. The molecule has 0 saturated carbocycles. The molecule has 2 aliphatic rings. The highest BCUT2D eigenvalue weighted by molar-refractivity contribution is 5.82. The molecule has 2 heterocycles. The minimum Gasteiger partial charge on any atom is -0.383 e. The van der Waals surface area contributed by atoms with Crippen molar-refractivity contribution >= 4 is 11.8 Å². The van der Waals surface area contributed by atoms with Crippen molar-refractivity contribution in [1.82, 2.24) is 14.7 Å². The molecular weight excluding hydrogens is 284 g/mol. The molecule has 2 amide bonds. The van der Waals surface area contributed by atoms with Gasteiger partial charge in [0.1, 0.15) is 6.04 Å². The molecule has 7 heteroatoms. The Labute approximate surface area is 132 Å². The third-order valence-corrected chi connectivity index (χ3v) is 4.42. The molecule has 2 N–H and O–H groups in total. The Morgan fingerprint density at radius 3 is 2.23 bits per heavy atom. The predicted molar refractivity (Wildman–Crippen MR) is 83.3 cm³/mol. The quantitative estimate of drug-likeness (QED) is 0.713. The summed E-state index contributed by atoms with van der Waals surface area (Å²) < 4.78 is 4.92. The lowest BCUT2D eigenvalue weighted by molar-refractivity contribution is -0.137. The Bertz CT molecular complexity index is 377. The van der Waals surface area contributed by atoms with E-state index in [0.717, 1.165) is 39.0 Å². The summed E-state index contributed by atoms with van der Waals surface area (Å²) in [6, 6.07) is -0.591. The highest BCUT2D eigenvalue weighted by atomic mass is 16.5. The van der Waals surface area contributed by atoms with Gasteiger partial charge in [-0.1, -0.05) is 0 Å². The van der Waals surface area contributed by atoms with E-state index in [-0.39, 0.29) is 18.4 Å². The number of nitrogens with two attached hydrogens (primary N) is 1. The molecule has 7 nitrogen and oxygen atoms in total. The summed E-state index contributed by atoms with van der Waals surface area (Å²) in [6.07, 6.45) is 3.46. The summed E-state index contributed by atoms with van der Waals surface area (Å²) >= 11 is 0. The molecule has 0 aromatic heterocycles. The third kappa shape index (κ3) is 4.66. The number of carbonyl (C=O) groups excluding carboxylic acids is 2. The van der Waals surface area contributed by atoms with Gasteiger partial charge in [0.05, 0.1) is 13.2 Å². The molecule has 0 aromatic rings. The van der Waals surface area contributed by atoms with E-state index in [1.807, 2.05) is 4.90 Å². The molecule has 126 valence electrons. The molecule has 1 atom stereocenters. The molecule has 2 aliphatic heterocycles. The molecule has 22 heavy (non-hydrogen) atoms. The van der Waals surface area contributed by atoms with Crippen molar-refractivity contribution in [2.45, 2.75) is 25.3 Å².